The van der Waals surface area contributed by atoms with Crippen LogP contribution >= 0.6 is 0 Å². The van der Waals surface area contributed by atoms with Gasteiger partial charge in [-0.25, -0.2) is 0 Å². The second-order valence-corrected chi connectivity index (χ2v) is 2.12. The van der Waals surface area contributed by atoms with Gasteiger partial charge in [0.1, 0.15) is 0 Å². The van der Waals surface area contributed by atoms with Crippen LogP contribution in [0.2, 0.25) is 0 Å². The predicted octanol–water partition coefficient (Wildman–Crippen LogP) is 2.59. The summed E-state index contributed by atoms with van der Waals surface area (Å²) in [6, 6.07) is 0. The zero-order valence-electron chi connectivity index (χ0n) is 6.61. The van der Waals surface area contributed by atoms with Gasteiger partial charge in [0.15, 0.2) is 0 Å². The van der Waals surface area contributed by atoms with E-state index in [-0.39, 0.29) is 0 Å². The van der Waals surface area contributed by atoms with Crippen molar-refractivity contribution in [3.8, 4) is 24.2 Å². The largest absolute Gasteiger partial charge is 0.120 e. The van der Waals surface area contributed by atoms with E-state index in [1.165, 1.54) is 0 Å². The molecule has 10 heavy (non-hydrogen) atoms. The molecule has 0 spiro atoms. The van der Waals surface area contributed by atoms with Crippen molar-refractivity contribution in [1.82, 2.24) is 0 Å². The third-order valence-electron chi connectivity index (χ3n) is 1.17. The minimum absolute atomic E-state index is 0.897. The van der Waals surface area contributed by atoms with Crippen molar-refractivity contribution in [3.63, 3.8) is 0 Å². The molecule has 0 N–H and O–H groups in total. The molecule has 0 heteroatoms. The summed E-state index contributed by atoms with van der Waals surface area (Å²) < 4.78 is 0. The van der Waals surface area contributed by atoms with E-state index < -0.39 is 0 Å². The molecule has 0 saturated carbocycles. The minimum Gasteiger partial charge on any atom is -0.120 e. The fourth-order valence-corrected chi connectivity index (χ4v) is 0.654. The molecule has 0 unspecified atom stereocenters. The topological polar surface area (TPSA) is 0 Å². The molecule has 0 amide bonds. The van der Waals surface area contributed by atoms with Crippen molar-refractivity contribution in [2.45, 2.75) is 39.0 Å². The van der Waals surface area contributed by atoms with Crippen LogP contribution in [0, 0.1) is 24.2 Å². The standard InChI is InChI=1S/C10H14/c1-3-5-7-9-10-8-6-4-2/h1H,4-5,7,9-10H2,2H3. The van der Waals surface area contributed by atoms with Gasteiger partial charge in [-0.15, -0.1) is 24.2 Å². The minimum atomic E-state index is 0.897. The SMILES string of the molecule is C#CCCCCC#CCC. The van der Waals surface area contributed by atoms with Gasteiger partial charge in [0.25, 0.3) is 0 Å². The highest BCUT2D eigenvalue weighted by atomic mass is 13.8. The maximum Gasteiger partial charge on any atom is 0.00890 e. The highest BCUT2D eigenvalue weighted by Crippen LogP contribution is 1.96. The zero-order valence-corrected chi connectivity index (χ0v) is 6.61. The Kier molecular flexibility index (Phi) is 7.41. The van der Waals surface area contributed by atoms with Gasteiger partial charge in [-0.2, -0.15) is 0 Å². The van der Waals surface area contributed by atoms with E-state index in [9.17, 15) is 0 Å². The van der Waals surface area contributed by atoms with Gasteiger partial charge in [0.05, 0.1) is 0 Å². The normalized spacial score (nSPS) is 7.60. The Balaban J connectivity index is 2.99. The van der Waals surface area contributed by atoms with E-state index in [1.807, 2.05) is 0 Å². The average Bonchev–Trinajstić information content (AvgIpc) is 1.97. The van der Waals surface area contributed by atoms with Crippen LogP contribution in [-0.4, -0.2) is 0 Å². The van der Waals surface area contributed by atoms with Gasteiger partial charge in [-0.05, 0) is 12.8 Å². The number of hydrogen-bond acceptors (Lipinski definition) is 0. The van der Waals surface area contributed by atoms with E-state index in [0.29, 0.717) is 0 Å². The Morgan fingerprint density at radius 3 is 2.40 bits per heavy atom. The molecular weight excluding hydrogens is 120 g/mol. The molecule has 0 aromatic carbocycles. The van der Waals surface area contributed by atoms with Crippen LogP contribution in [0.25, 0.3) is 0 Å². The number of unbranched alkanes of at least 4 members (excludes halogenated alkanes) is 3. The van der Waals surface area contributed by atoms with Crippen LogP contribution in [0.5, 0.6) is 0 Å². The fraction of sp³-hybridized carbons (Fsp3) is 0.600. The van der Waals surface area contributed by atoms with Crippen LogP contribution in [-0.2, 0) is 0 Å². The summed E-state index contributed by atoms with van der Waals surface area (Å²) in [5.74, 6) is 8.71. The maximum atomic E-state index is 5.08. The predicted molar refractivity (Wildman–Crippen MR) is 45.4 cm³/mol. The lowest BCUT2D eigenvalue weighted by Crippen LogP contribution is -1.71. The van der Waals surface area contributed by atoms with E-state index in [1.54, 1.807) is 0 Å². The van der Waals surface area contributed by atoms with Gasteiger partial charge in [0.2, 0.25) is 0 Å². The summed E-state index contributed by atoms with van der Waals surface area (Å²) in [4.78, 5) is 0. The summed E-state index contributed by atoms with van der Waals surface area (Å²) in [7, 11) is 0. The van der Waals surface area contributed by atoms with Gasteiger partial charge < -0.3 is 0 Å². The average molecular weight is 134 g/mol. The van der Waals surface area contributed by atoms with Crippen molar-refractivity contribution in [3.05, 3.63) is 0 Å². The van der Waals surface area contributed by atoms with Crippen molar-refractivity contribution in [2.75, 3.05) is 0 Å². The van der Waals surface area contributed by atoms with E-state index in [2.05, 4.69) is 24.7 Å². The van der Waals surface area contributed by atoms with Gasteiger partial charge in [-0.3, -0.25) is 0 Å². The van der Waals surface area contributed by atoms with Crippen molar-refractivity contribution in [1.29, 1.82) is 0 Å². The second-order valence-electron chi connectivity index (χ2n) is 2.12. The number of rotatable bonds is 3. The molecule has 0 bridgehead atoms. The summed E-state index contributed by atoms with van der Waals surface area (Å²) >= 11 is 0. The van der Waals surface area contributed by atoms with Crippen molar-refractivity contribution < 1.29 is 0 Å². The summed E-state index contributed by atoms with van der Waals surface area (Å²) in [5.41, 5.74) is 0. The smallest absolute Gasteiger partial charge is 0.00890 e. The molecule has 0 atom stereocenters. The van der Waals surface area contributed by atoms with Crippen LogP contribution in [0.4, 0.5) is 0 Å². The molecule has 0 aromatic heterocycles. The second kappa shape index (κ2) is 8.12. The molecule has 54 valence electrons. The summed E-state index contributed by atoms with van der Waals surface area (Å²) in [5, 5.41) is 0. The molecule has 0 aromatic rings. The van der Waals surface area contributed by atoms with E-state index in [0.717, 1.165) is 32.1 Å². The summed E-state index contributed by atoms with van der Waals surface area (Å²) in [6.07, 6.45) is 10.2. The lowest BCUT2D eigenvalue weighted by molar-refractivity contribution is 0.782. The molecule has 0 saturated heterocycles. The third kappa shape index (κ3) is 7.12. The molecule has 0 aliphatic carbocycles. The first-order valence-corrected chi connectivity index (χ1v) is 3.81. The van der Waals surface area contributed by atoms with Gasteiger partial charge in [0, 0.05) is 19.3 Å². The molecule has 0 heterocycles. The lowest BCUT2D eigenvalue weighted by Gasteiger charge is -1.87. The third-order valence-corrected chi connectivity index (χ3v) is 1.17. The summed E-state index contributed by atoms with van der Waals surface area (Å²) in [6.45, 7) is 2.06. The monoisotopic (exact) mass is 134 g/mol. The highest BCUT2D eigenvalue weighted by molar-refractivity contribution is 4.97. The molecule has 0 fully saturated rings. The highest BCUT2D eigenvalue weighted by Gasteiger charge is 1.80. The first-order valence-electron chi connectivity index (χ1n) is 3.81. The first kappa shape index (κ1) is 9.12. The Morgan fingerprint density at radius 2 is 1.80 bits per heavy atom. The van der Waals surface area contributed by atoms with Crippen LogP contribution in [0.15, 0.2) is 0 Å². The van der Waals surface area contributed by atoms with E-state index >= 15 is 0 Å². The van der Waals surface area contributed by atoms with Crippen LogP contribution < -0.4 is 0 Å². The molecular formula is C10H14. The Morgan fingerprint density at radius 1 is 1.10 bits per heavy atom. The Hall–Kier alpha value is -0.880. The fourth-order valence-electron chi connectivity index (χ4n) is 0.654. The molecule has 0 rings (SSSR count). The molecule has 0 radical (unpaired) electrons. The lowest BCUT2D eigenvalue weighted by atomic mass is 10.2. The van der Waals surface area contributed by atoms with Crippen LogP contribution in [0.3, 0.4) is 0 Å². The van der Waals surface area contributed by atoms with Crippen molar-refractivity contribution >= 4 is 0 Å². The number of hydrogen-bond donors (Lipinski definition) is 0. The van der Waals surface area contributed by atoms with Gasteiger partial charge in [-0.1, -0.05) is 6.92 Å². The molecule has 0 aliphatic rings. The van der Waals surface area contributed by atoms with E-state index in [4.69, 9.17) is 6.42 Å². The zero-order chi connectivity index (χ0) is 7.66. The Bertz CT molecular complexity index is 149. The quantitative estimate of drug-likeness (QED) is 0.411. The number of terminal acetylenes is 1. The van der Waals surface area contributed by atoms with Crippen molar-refractivity contribution in [2.24, 2.45) is 0 Å². The Labute approximate surface area is 64.0 Å². The molecule has 0 aliphatic heterocycles. The molecule has 0 nitrogen and oxygen atoms in total. The maximum absolute atomic E-state index is 5.08. The first-order chi connectivity index (χ1) is 4.91. The van der Waals surface area contributed by atoms with Crippen LogP contribution in [0.1, 0.15) is 39.0 Å². The van der Waals surface area contributed by atoms with Gasteiger partial charge >= 0.3 is 0 Å².